The van der Waals surface area contributed by atoms with Crippen LogP contribution in [0.25, 0.3) is 0 Å². The highest BCUT2D eigenvalue weighted by Crippen LogP contribution is 2.31. The first-order chi connectivity index (χ1) is 10.3. The van der Waals surface area contributed by atoms with Crippen LogP contribution in [0.2, 0.25) is 0 Å². The molecule has 1 heterocycles. The van der Waals surface area contributed by atoms with Gasteiger partial charge in [-0.15, -0.1) is 0 Å². The molecule has 0 aliphatic heterocycles. The predicted octanol–water partition coefficient (Wildman–Crippen LogP) is 2.24. The van der Waals surface area contributed by atoms with Crippen LogP contribution in [0.4, 0.5) is 0 Å². The van der Waals surface area contributed by atoms with E-state index in [0.717, 1.165) is 29.9 Å². The first-order valence-electron chi connectivity index (χ1n) is 6.85. The van der Waals surface area contributed by atoms with Crippen molar-refractivity contribution in [2.24, 2.45) is 5.84 Å². The van der Waals surface area contributed by atoms with E-state index >= 15 is 0 Å². The lowest BCUT2D eigenvalue weighted by Gasteiger charge is -2.19. The molecule has 0 aliphatic carbocycles. The maximum Gasteiger partial charge on any atom is 0.127 e. The SMILES string of the molecule is COc1ccc(C(CCc2cccnc2)NN)c(OC)c1. The van der Waals surface area contributed by atoms with Gasteiger partial charge in [-0.1, -0.05) is 12.1 Å². The van der Waals surface area contributed by atoms with Gasteiger partial charge in [-0.2, -0.15) is 0 Å². The molecular formula is C16H21N3O2. The van der Waals surface area contributed by atoms with E-state index in [0.29, 0.717) is 0 Å². The Hall–Kier alpha value is -2.11. The summed E-state index contributed by atoms with van der Waals surface area (Å²) in [6.07, 6.45) is 5.39. The molecule has 0 fully saturated rings. The summed E-state index contributed by atoms with van der Waals surface area (Å²) in [6, 6.07) is 9.76. The molecule has 1 aromatic heterocycles. The van der Waals surface area contributed by atoms with Crippen molar-refractivity contribution in [3.05, 3.63) is 53.9 Å². The van der Waals surface area contributed by atoms with Crippen LogP contribution in [0.5, 0.6) is 11.5 Å². The van der Waals surface area contributed by atoms with Crippen molar-refractivity contribution in [2.75, 3.05) is 14.2 Å². The van der Waals surface area contributed by atoms with Crippen LogP contribution in [-0.4, -0.2) is 19.2 Å². The molecule has 1 unspecified atom stereocenters. The summed E-state index contributed by atoms with van der Waals surface area (Å²) < 4.78 is 10.6. The third kappa shape index (κ3) is 3.93. The molecule has 21 heavy (non-hydrogen) atoms. The van der Waals surface area contributed by atoms with Gasteiger partial charge in [0.15, 0.2) is 0 Å². The van der Waals surface area contributed by atoms with Crippen LogP contribution >= 0.6 is 0 Å². The van der Waals surface area contributed by atoms with Crippen molar-refractivity contribution in [3.63, 3.8) is 0 Å². The molecule has 0 saturated heterocycles. The lowest BCUT2D eigenvalue weighted by Crippen LogP contribution is -2.28. The molecule has 112 valence electrons. The van der Waals surface area contributed by atoms with Crippen molar-refractivity contribution in [3.8, 4) is 11.5 Å². The van der Waals surface area contributed by atoms with Gasteiger partial charge < -0.3 is 9.47 Å². The minimum Gasteiger partial charge on any atom is -0.497 e. The van der Waals surface area contributed by atoms with Gasteiger partial charge in [0, 0.05) is 30.1 Å². The molecule has 0 saturated carbocycles. The average molecular weight is 287 g/mol. The number of ether oxygens (including phenoxy) is 2. The van der Waals surface area contributed by atoms with Gasteiger partial charge in [-0.3, -0.25) is 16.3 Å². The molecule has 0 amide bonds. The molecule has 2 aromatic rings. The number of nitrogens with two attached hydrogens (primary N) is 1. The Kier molecular flexibility index (Phi) is 5.54. The number of methoxy groups -OCH3 is 2. The monoisotopic (exact) mass is 287 g/mol. The normalized spacial score (nSPS) is 12.0. The third-order valence-corrected chi connectivity index (χ3v) is 3.46. The van der Waals surface area contributed by atoms with Gasteiger partial charge in [0.2, 0.25) is 0 Å². The molecule has 1 aromatic carbocycles. The lowest BCUT2D eigenvalue weighted by atomic mass is 9.99. The van der Waals surface area contributed by atoms with Crippen LogP contribution in [0.1, 0.15) is 23.6 Å². The molecule has 0 aliphatic rings. The van der Waals surface area contributed by atoms with Gasteiger partial charge in [0.05, 0.1) is 14.2 Å². The molecule has 0 radical (unpaired) electrons. The number of hydrogen-bond acceptors (Lipinski definition) is 5. The summed E-state index contributed by atoms with van der Waals surface area (Å²) in [5, 5.41) is 0. The highest BCUT2D eigenvalue weighted by Gasteiger charge is 2.15. The number of pyridine rings is 1. The highest BCUT2D eigenvalue weighted by molar-refractivity contribution is 5.42. The zero-order chi connectivity index (χ0) is 15.1. The number of rotatable bonds is 7. The molecular weight excluding hydrogens is 266 g/mol. The summed E-state index contributed by atoms with van der Waals surface area (Å²) in [5.41, 5.74) is 5.06. The first-order valence-corrected chi connectivity index (χ1v) is 6.85. The lowest BCUT2D eigenvalue weighted by molar-refractivity contribution is 0.382. The number of hydrazine groups is 1. The molecule has 0 spiro atoms. The Morgan fingerprint density at radius 1 is 1.24 bits per heavy atom. The Balaban J connectivity index is 2.13. The van der Waals surface area contributed by atoms with Gasteiger partial charge in [-0.05, 0) is 30.5 Å². The largest absolute Gasteiger partial charge is 0.497 e. The number of nitrogens with one attached hydrogen (secondary N) is 1. The zero-order valence-corrected chi connectivity index (χ0v) is 12.4. The van der Waals surface area contributed by atoms with Crippen LogP contribution in [0.3, 0.4) is 0 Å². The zero-order valence-electron chi connectivity index (χ0n) is 12.4. The van der Waals surface area contributed by atoms with E-state index in [1.807, 2.05) is 30.5 Å². The number of aromatic nitrogens is 1. The van der Waals surface area contributed by atoms with E-state index < -0.39 is 0 Å². The van der Waals surface area contributed by atoms with E-state index in [1.165, 1.54) is 5.56 Å². The topological polar surface area (TPSA) is 69.4 Å². The quantitative estimate of drug-likeness (QED) is 0.604. The van der Waals surface area contributed by atoms with Crippen LogP contribution in [0, 0.1) is 0 Å². The molecule has 5 heteroatoms. The predicted molar refractivity (Wildman–Crippen MR) is 82.2 cm³/mol. The van der Waals surface area contributed by atoms with Crippen LogP contribution in [0.15, 0.2) is 42.7 Å². The van der Waals surface area contributed by atoms with E-state index in [-0.39, 0.29) is 6.04 Å². The molecule has 1 atom stereocenters. The standard InChI is InChI=1S/C16H21N3O2/c1-20-13-6-7-14(16(10-13)21-2)15(19-17)8-5-12-4-3-9-18-11-12/h3-4,6-7,9-11,15,19H,5,8,17H2,1-2H3. The number of hydrogen-bond donors (Lipinski definition) is 2. The summed E-state index contributed by atoms with van der Waals surface area (Å²) in [4.78, 5) is 4.12. The summed E-state index contributed by atoms with van der Waals surface area (Å²) in [6.45, 7) is 0. The minimum atomic E-state index is 0.00561. The van der Waals surface area contributed by atoms with Crippen LogP contribution < -0.4 is 20.7 Å². The average Bonchev–Trinajstić information content (AvgIpc) is 2.56. The van der Waals surface area contributed by atoms with Gasteiger partial charge in [0.1, 0.15) is 11.5 Å². The van der Waals surface area contributed by atoms with E-state index in [2.05, 4.69) is 16.5 Å². The molecule has 3 N–H and O–H groups in total. The first kappa shape index (κ1) is 15.3. The van der Waals surface area contributed by atoms with Crippen molar-refractivity contribution in [1.82, 2.24) is 10.4 Å². The number of aryl methyl sites for hydroxylation is 1. The highest BCUT2D eigenvalue weighted by atomic mass is 16.5. The van der Waals surface area contributed by atoms with Crippen molar-refractivity contribution in [2.45, 2.75) is 18.9 Å². The second kappa shape index (κ2) is 7.61. The molecule has 0 bridgehead atoms. The Bertz CT molecular complexity index is 561. The maximum absolute atomic E-state index is 5.71. The van der Waals surface area contributed by atoms with Crippen molar-refractivity contribution in [1.29, 1.82) is 0 Å². The van der Waals surface area contributed by atoms with Gasteiger partial charge in [0.25, 0.3) is 0 Å². The third-order valence-electron chi connectivity index (χ3n) is 3.46. The molecule has 2 rings (SSSR count). The second-order valence-electron chi connectivity index (χ2n) is 4.73. The molecule has 5 nitrogen and oxygen atoms in total. The fourth-order valence-corrected chi connectivity index (χ4v) is 2.29. The maximum atomic E-state index is 5.71. The van der Waals surface area contributed by atoms with E-state index in [1.54, 1.807) is 20.4 Å². The fourth-order valence-electron chi connectivity index (χ4n) is 2.29. The van der Waals surface area contributed by atoms with Gasteiger partial charge in [-0.25, -0.2) is 0 Å². The summed E-state index contributed by atoms with van der Waals surface area (Å²) in [7, 11) is 3.28. The fraction of sp³-hybridized carbons (Fsp3) is 0.312. The van der Waals surface area contributed by atoms with E-state index in [9.17, 15) is 0 Å². The summed E-state index contributed by atoms with van der Waals surface area (Å²) in [5.74, 6) is 7.24. The van der Waals surface area contributed by atoms with Crippen LogP contribution in [-0.2, 0) is 6.42 Å². The van der Waals surface area contributed by atoms with E-state index in [4.69, 9.17) is 15.3 Å². The smallest absolute Gasteiger partial charge is 0.127 e. The number of benzene rings is 1. The Labute approximate surface area is 125 Å². The minimum absolute atomic E-state index is 0.00561. The number of nitrogens with zero attached hydrogens (tertiary/aromatic N) is 1. The summed E-state index contributed by atoms with van der Waals surface area (Å²) >= 11 is 0. The Morgan fingerprint density at radius 2 is 2.10 bits per heavy atom. The van der Waals surface area contributed by atoms with Crippen molar-refractivity contribution < 1.29 is 9.47 Å². The second-order valence-corrected chi connectivity index (χ2v) is 4.73. The van der Waals surface area contributed by atoms with Crippen molar-refractivity contribution >= 4 is 0 Å². The Morgan fingerprint density at radius 3 is 2.71 bits per heavy atom. The van der Waals surface area contributed by atoms with Gasteiger partial charge >= 0.3 is 0 Å².